The third-order valence-corrected chi connectivity index (χ3v) is 4.24. The molecule has 0 amide bonds. The fourth-order valence-electron chi connectivity index (χ4n) is 2.30. The Morgan fingerprint density at radius 2 is 1.47 bits per heavy atom. The first kappa shape index (κ1) is 10.3. The molecule has 0 radical (unpaired) electrons. The number of hydrogen-bond acceptors (Lipinski definition) is 2. The second-order valence-electron chi connectivity index (χ2n) is 5.64. The largest absolute Gasteiger partial charge is 0.399 e. The number of nitrogens with one attached hydrogen (secondary N) is 1. The summed E-state index contributed by atoms with van der Waals surface area (Å²) in [5.74, 6) is 0. The quantitative estimate of drug-likeness (QED) is 0.726. The Labute approximate surface area is 91.9 Å². The molecule has 82 valence electrons. The number of nitrogen functional groups attached to an aromatic ring is 1. The van der Waals surface area contributed by atoms with E-state index < -0.39 is 0 Å². The number of benzene rings is 1. The highest BCUT2D eigenvalue weighted by molar-refractivity contribution is 5.53. The zero-order valence-electron chi connectivity index (χ0n) is 9.96. The summed E-state index contributed by atoms with van der Waals surface area (Å²) in [6, 6.07) is 8.50. The molecule has 2 heteroatoms. The Morgan fingerprint density at radius 3 is 1.87 bits per heavy atom. The number of hydrogen-bond donors (Lipinski definition) is 2. The molecule has 1 aliphatic carbocycles. The minimum absolute atomic E-state index is 0.369. The molecule has 1 aromatic rings. The van der Waals surface area contributed by atoms with Crippen LogP contribution >= 0.6 is 0 Å². The van der Waals surface area contributed by atoms with Gasteiger partial charge in [-0.05, 0) is 35.1 Å². The van der Waals surface area contributed by atoms with Gasteiger partial charge in [-0.2, -0.15) is 0 Å². The van der Waals surface area contributed by atoms with Gasteiger partial charge in [0.25, 0.3) is 0 Å². The molecular formula is C13H20N2. The van der Waals surface area contributed by atoms with Crippen molar-refractivity contribution in [3.63, 3.8) is 0 Å². The molecule has 15 heavy (non-hydrogen) atoms. The average Bonchev–Trinajstić information content (AvgIpc) is 2.52. The van der Waals surface area contributed by atoms with Crippen LogP contribution in [0.15, 0.2) is 24.3 Å². The maximum atomic E-state index is 5.65. The van der Waals surface area contributed by atoms with Crippen LogP contribution in [0.3, 0.4) is 0 Å². The van der Waals surface area contributed by atoms with Gasteiger partial charge in [0.1, 0.15) is 0 Å². The third-order valence-electron chi connectivity index (χ3n) is 4.24. The lowest BCUT2D eigenvalue weighted by atomic mass is 10.0. The monoisotopic (exact) mass is 204 g/mol. The van der Waals surface area contributed by atoms with Crippen molar-refractivity contribution >= 4 is 11.4 Å². The van der Waals surface area contributed by atoms with Crippen molar-refractivity contribution in [1.82, 2.24) is 0 Å². The van der Waals surface area contributed by atoms with Gasteiger partial charge in [-0.3, -0.25) is 0 Å². The fourth-order valence-corrected chi connectivity index (χ4v) is 2.30. The summed E-state index contributed by atoms with van der Waals surface area (Å²) in [6.07, 6.45) is 0. The van der Waals surface area contributed by atoms with E-state index in [0.717, 1.165) is 11.4 Å². The SMILES string of the molecule is CC1(C)C(Nc2ccc(N)cc2)C1(C)C. The molecule has 0 aliphatic heterocycles. The highest BCUT2D eigenvalue weighted by Gasteiger charge is 2.64. The van der Waals surface area contributed by atoms with E-state index in [-0.39, 0.29) is 0 Å². The zero-order chi connectivity index (χ0) is 11.3. The van der Waals surface area contributed by atoms with Crippen LogP contribution in [0.2, 0.25) is 0 Å². The van der Waals surface area contributed by atoms with Gasteiger partial charge in [0.2, 0.25) is 0 Å². The van der Waals surface area contributed by atoms with Crippen molar-refractivity contribution in [1.29, 1.82) is 0 Å². The average molecular weight is 204 g/mol. The van der Waals surface area contributed by atoms with Gasteiger partial charge in [-0.25, -0.2) is 0 Å². The summed E-state index contributed by atoms with van der Waals surface area (Å²) in [7, 11) is 0. The Kier molecular flexibility index (Phi) is 2.00. The summed E-state index contributed by atoms with van der Waals surface area (Å²) in [6.45, 7) is 9.23. The topological polar surface area (TPSA) is 38.0 Å². The molecule has 0 saturated heterocycles. The van der Waals surface area contributed by atoms with Crippen molar-refractivity contribution in [2.45, 2.75) is 33.7 Å². The molecule has 0 spiro atoms. The van der Waals surface area contributed by atoms with Gasteiger partial charge in [0, 0.05) is 17.4 Å². The number of nitrogens with two attached hydrogens (primary N) is 1. The molecule has 2 nitrogen and oxygen atoms in total. The molecule has 0 unspecified atom stereocenters. The molecule has 1 aromatic carbocycles. The maximum Gasteiger partial charge on any atom is 0.0375 e. The Bertz CT molecular complexity index is 349. The van der Waals surface area contributed by atoms with E-state index in [4.69, 9.17) is 5.73 Å². The van der Waals surface area contributed by atoms with Gasteiger partial charge in [0.05, 0.1) is 0 Å². The van der Waals surface area contributed by atoms with Crippen molar-refractivity contribution in [2.24, 2.45) is 10.8 Å². The van der Waals surface area contributed by atoms with Crippen LogP contribution in [-0.2, 0) is 0 Å². The zero-order valence-corrected chi connectivity index (χ0v) is 9.96. The van der Waals surface area contributed by atoms with E-state index in [2.05, 4.69) is 33.0 Å². The molecular weight excluding hydrogens is 184 g/mol. The fraction of sp³-hybridized carbons (Fsp3) is 0.538. The summed E-state index contributed by atoms with van der Waals surface area (Å²) >= 11 is 0. The molecule has 0 atom stereocenters. The summed E-state index contributed by atoms with van der Waals surface area (Å²) in [5, 5.41) is 3.57. The Morgan fingerprint density at radius 1 is 1.00 bits per heavy atom. The second-order valence-corrected chi connectivity index (χ2v) is 5.64. The van der Waals surface area contributed by atoms with Crippen LogP contribution in [0, 0.1) is 10.8 Å². The first-order valence-corrected chi connectivity index (χ1v) is 5.48. The lowest BCUT2D eigenvalue weighted by molar-refractivity contribution is 0.457. The lowest BCUT2D eigenvalue weighted by Crippen LogP contribution is -2.09. The van der Waals surface area contributed by atoms with Crippen LogP contribution in [0.1, 0.15) is 27.7 Å². The van der Waals surface area contributed by atoms with E-state index in [1.807, 2.05) is 24.3 Å². The van der Waals surface area contributed by atoms with E-state index in [0.29, 0.717) is 16.9 Å². The van der Waals surface area contributed by atoms with Crippen LogP contribution < -0.4 is 11.1 Å². The normalized spacial score (nSPS) is 22.4. The minimum atomic E-state index is 0.369. The first-order valence-electron chi connectivity index (χ1n) is 5.48. The van der Waals surface area contributed by atoms with Gasteiger partial charge >= 0.3 is 0 Å². The number of anilines is 2. The smallest absolute Gasteiger partial charge is 0.0375 e. The molecule has 0 bridgehead atoms. The van der Waals surface area contributed by atoms with Crippen molar-refractivity contribution in [3.05, 3.63) is 24.3 Å². The van der Waals surface area contributed by atoms with Crippen molar-refractivity contribution in [3.8, 4) is 0 Å². The molecule has 1 saturated carbocycles. The standard InChI is InChI=1S/C13H20N2/c1-12(2)11(13(12,3)4)15-10-7-5-9(14)6-8-10/h5-8,11,15H,14H2,1-4H3. The predicted octanol–water partition coefficient (Wildman–Crippen LogP) is 3.12. The van der Waals surface area contributed by atoms with E-state index in [1.54, 1.807) is 0 Å². The summed E-state index contributed by atoms with van der Waals surface area (Å²) in [4.78, 5) is 0. The highest BCUT2D eigenvalue weighted by atomic mass is 15.0. The lowest BCUT2D eigenvalue weighted by Gasteiger charge is -2.08. The molecule has 0 heterocycles. The van der Waals surface area contributed by atoms with E-state index >= 15 is 0 Å². The Hall–Kier alpha value is -1.18. The third kappa shape index (κ3) is 1.48. The Balaban J connectivity index is 2.09. The molecule has 1 fully saturated rings. The first-order chi connectivity index (χ1) is 6.85. The van der Waals surface area contributed by atoms with Crippen molar-refractivity contribution in [2.75, 3.05) is 11.1 Å². The predicted molar refractivity (Wildman–Crippen MR) is 65.8 cm³/mol. The minimum Gasteiger partial charge on any atom is -0.399 e. The van der Waals surface area contributed by atoms with Crippen LogP contribution in [0.5, 0.6) is 0 Å². The van der Waals surface area contributed by atoms with Crippen LogP contribution in [0.4, 0.5) is 11.4 Å². The summed E-state index contributed by atoms with van der Waals surface area (Å²) in [5.41, 5.74) is 8.37. The van der Waals surface area contributed by atoms with Crippen LogP contribution in [0.25, 0.3) is 0 Å². The molecule has 2 rings (SSSR count). The molecule has 3 N–H and O–H groups in total. The summed E-state index contributed by atoms with van der Waals surface area (Å²) < 4.78 is 0. The van der Waals surface area contributed by atoms with Gasteiger partial charge < -0.3 is 11.1 Å². The van der Waals surface area contributed by atoms with Gasteiger partial charge in [0.15, 0.2) is 0 Å². The molecule has 1 aliphatic rings. The number of rotatable bonds is 2. The highest BCUT2D eigenvalue weighted by Crippen LogP contribution is 2.63. The van der Waals surface area contributed by atoms with E-state index in [9.17, 15) is 0 Å². The van der Waals surface area contributed by atoms with E-state index in [1.165, 1.54) is 0 Å². The van der Waals surface area contributed by atoms with Crippen molar-refractivity contribution < 1.29 is 0 Å². The van der Waals surface area contributed by atoms with Gasteiger partial charge in [-0.15, -0.1) is 0 Å². The van der Waals surface area contributed by atoms with Crippen LogP contribution in [-0.4, -0.2) is 6.04 Å². The van der Waals surface area contributed by atoms with Gasteiger partial charge in [-0.1, -0.05) is 27.7 Å². The molecule has 0 aromatic heterocycles. The second kappa shape index (κ2) is 2.91. The maximum absolute atomic E-state index is 5.65.